The summed E-state index contributed by atoms with van der Waals surface area (Å²) in [6, 6.07) is 11.5. The normalized spacial score (nSPS) is 19.8. The molecule has 4 aliphatic rings. The number of benzene rings is 2. The molecule has 0 spiro atoms. The van der Waals surface area contributed by atoms with E-state index in [1.807, 2.05) is 29.2 Å². The van der Waals surface area contributed by atoms with E-state index in [1.165, 1.54) is 26.4 Å². The predicted molar refractivity (Wildman–Crippen MR) is 186 cm³/mol. The van der Waals surface area contributed by atoms with E-state index in [0.29, 0.717) is 68.8 Å². The van der Waals surface area contributed by atoms with Gasteiger partial charge in [-0.05, 0) is 75.4 Å². The van der Waals surface area contributed by atoms with Gasteiger partial charge in [-0.25, -0.2) is 9.59 Å². The number of methoxy groups -OCH3 is 2. The lowest BCUT2D eigenvalue weighted by molar-refractivity contribution is -0.140. The predicted octanol–water partition coefficient (Wildman–Crippen LogP) is 4.10. The lowest BCUT2D eigenvalue weighted by Crippen LogP contribution is -2.56. The second-order valence-electron chi connectivity index (χ2n) is 13.4. The molecule has 0 bridgehead atoms. The summed E-state index contributed by atoms with van der Waals surface area (Å²) >= 11 is 0. The van der Waals surface area contributed by atoms with E-state index < -0.39 is 12.1 Å². The number of carbonyl (C=O) groups excluding carboxylic acids is 4. The number of hydrogen-bond acceptors (Lipinski definition) is 7. The lowest BCUT2D eigenvalue weighted by atomic mass is 9.98. The molecular weight excluding hydrogens is 626 g/mol. The largest absolute Gasteiger partial charge is 0.497 e. The molecule has 2 aromatic rings. The third kappa shape index (κ3) is 8.21. The van der Waals surface area contributed by atoms with E-state index in [9.17, 15) is 19.2 Å². The summed E-state index contributed by atoms with van der Waals surface area (Å²) < 4.78 is 10.7. The Morgan fingerprint density at radius 3 is 2.27 bits per heavy atom. The number of piperidine rings is 3. The van der Waals surface area contributed by atoms with Crippen molar-refractivity contribution < 1.29 is 28.7 Å². The second kappa shape index (κ2) is 15.8. The van der Waals surface area contributed by atoms with Crippen molar-refractivity contribution in [2.24, 2.45) is 0 Å². The van der Waals surface area contributed by atoms with Crippen LogP contribution in [0.15, 0.2) is 42.5 Å². The number of likely N-dealkylation sites (tertiary alicyclic amines) is 3. The first-order chi connectivity index (χ1) is 23.8. The van der Waals surface area contributed by atoms with Gasteiger partial charge in [-0.1, -0.05) is 24.6 Å². The van der Waals surface area contributed by atoms with Crippen LogP contribution in [0.4, 0.5) is 21.0 Å². The third-order valence-electron chi connectivity index (χ3n) is 10.4. The van der Waals surface area contributed by atoms with Gasteiger partial charge >= 0.3 is 12.1 Å². The van der Waals surface area contributed by atoms with E-state index in [0.717, 1.165) is 37.2 Å². The molecule has 4 heterocycles. The molecule has 13 nitrogen and oxygen atoms in total. The fourth-order valence-corrected chi connectivity index (χ4v) is 7.62. The van der Waals surface area contributed by atoms with Crippen molar-refractivity contribution >= 4 is 35.3 Å². The molecule has 0 aromatic heterocycles. The summed E-state index contributed by atoms with van der Waals surface area (Å²) in [5, 5.41) is 8.58. The molecular formula is C36H49N7O6. The molecule has 49 heavy (non-hydrogen) atoms. The molecule has 4 aliphatic heterocycles. The Morgan fingerprint density at radius 1 is 0.857 bits per heavy atom. The van der Waals surface area contributed by atoms with Crippen molar-refractivity contribution in [3.63, 3.8) is 0 Å². The van der Waals surface area contributed by atoms with Crippen molar-refractivity contribution in [3.05, 3.63) is 48.0 Å². The van der Waals surface area contributed by atoms with Crippen LogP contribution in [0.25, 0.3) is 0 Å². The number of para-hydroxylation sites is 1. The number of urea groups is 2. The molecule has 264 valence electrons. The Bertz CT molecular complexity index is 1500. The summed E-state index contributed by atoms with van der Waals surface area (Å²) in [5.74, 6) is 0.530. The number of carbonyl (C=O) groups is 4. The Kier molecular flexibility index (Phi) is 11.1. The molecule has 0 unspecified atom stereocenters. The quantitative estimate of drug-likeness (QED) is 0.364. The van der Waals surface area contributed by atoms with Gasteiger partial charge in [-0.15, -0.1) is 0 Å². The van der Waals surface area contributed by atoms with Gasteiger partial charge in [0.05, 0.1) is 26.3 Å². The highest BCUT2D eigenvalue weighted by Gasteiger charge is 2.36. The monoisotopic (exact) mass is 675 g/mol. The summed E-state index contributed by atoms with van der Waals surface area (Å²) in [7, 11) is 3.04. The maximum Gasteiger partial charge on any atom is 0.322 e. The molecule has 0 radical (unpaired) electrons. The van der Waals surface area contributed by atoms with Crippen LogP contribution >= 0.6 is 0 Å². The van der Waals surface area contributed by atoms with Gasteiger partial charge in [-0.2, -0.15) is 0 Å². The van der Waals surface area contributed by atoms with Crippen molar-refractivity contribution in [3.8, 4) is 11.5 Å². The average molecular weight is 676 g/mol. The maximum atomic E-state index is 14.0. The van der Waals surface area contributed by atoms with Crippen LogP contribution in [-0.2, 0) is 16.1 Å². The van der Waals surface area contributed by atoms with E-state index in [-0.39, 0.29) is 30.3 Å². The maximum absolute atomic E-state index is 14.0. The highest BCUT2D eigenvalue weighted by Crippen LogP contribution is 2.30. The minimum Gasteiger partial charge on any atom is -0.497 e. The molecule has 6 rings (SSSR count). The minimum atomic E-state index is -1.04. The lowest BCUT2D eigenvalue weighted by Gasteiger charge is -2.41. The first-order valence-corrected chi connectivity index (χ1v) is 17.6. The van der Waals surface area contributed by atoms with Gasteiger partial charge in [0.2, 0.25) is 11.8 Å². The van der Waals surface area contributed by atoms with Gasteiger partial charge in [-0.3, -0.25) is 9.59 Å². The topological polar surface area (TPSA) is 136 Å². The van der Waals surface area contributed by atoms with Crippen LogP contribution in [0, 0.1) is 0 Å². The zero-order valence-electron chi connectivity index (χ0n) is 28.6. The zero-order chi connectivity index (χ0) is 34.3. The SMILES string of the molecule is COc1ccc(NC(=O)N[C@@H](CC(=O)N2CCC(N3Cc4ccccc4NC3=O)CC2)C(=O)N2CCC(N3CCCCC3)CC2)c(OC)c1. The third-order valence-corrected chi connectivity index (χ3v) is 10.4. The molecule has 1 atom stereocenters. The molecule has 3 saturated heterocycles. The van der Waals surface area contributed by atoms with Gasteiger partial charge in [0, 0.05) is 56.6 Å². The molecule has 0 saturated carbocycles. The van der Waals surface area contributed by atoms with Crippen molar-refractivity contribution in [1.82, 2.24) is 24.9 Å². The summed E-state index contributed by atoms with van der Waals surface area (Å²) in [4.78, 5) is 61.9. The van der Waals surface area contributed by atoms with Crippen molar-refractivity contribution in [2.45, 2.75) is 76.0 Å². The van der Waals surface area contributed by atoms with Crippen LogP contribution in [0.3, 0.4) is 0 Å². The molecule has 13 heteroatoms. The number of ether oxygens (including phenoxy) is 2. The highest BCUT2D eigenvalue weighted by atomic mass is 16.5. The van der Waals surface area contributed by atoms with E-state index in [1.54, 1.807) is 35.1 Å². The van der Waals surface area contributed by atoms with Crippen LogP contribution in [-0.4, -0.2) is 115 Å². The smallest absolute Gasteiger partial charge is 0.322 e. The van der Waals surface area contributed by atoms with Crippen molar-refractivity contribution in [2.75, 3.05) is 64.1 Å². The first-order valence-electron chi connectivity index (χ1n) is 17.6. The Morgan fingerprint density at radius 2 is 1.55 bits per heavy atom. The summed E-state index contributed by atoms with van der Waals surface area (Å²) in [6.07, 6.45) is 6.59. The number of nitrogens with one attached hydrogen (secondary N) is 3. The van der Waals surface area contributed by atoms with Gasteiger partial charge in [0.25, 0.3) is 0 Å². The van der Waals surface area contributed by atoms with Crippen LogP contribution in [0.5, 0.6) is 11.5 Å². The standard InChI is InChI=1S/C36H49N7O6/c1-48-28-10-11-30(32(22-28)49-2)37-35(46)38-31(34(45)42-20-12-26(13-21-42)40-16-6-3-7-17-40)23-33(44)41-18-14-27(15-19-41)43-24-25-8-4-5-9-29(25)39-36(43)47/h4-5,8-11,22,26-27,31H,3,6-7,12-21,23-24H2,1-2H3,(H,39,47)(H2,37,38,46)/t31-/m0/s1. The Hall–Kier alpha value is -4.52. The van der Waals surface area contributed by atoms with Crippen LogP contribution < -0.4 is 25.4 Å². The zero-order valence-corrected chi connectivity index (χ0v) is 28.6. The van der Waals surface area contributed by atoms with Crippen LogP contribution in [0.2, 0.25) is 0 Å². The Balaban J connectivity index is 1.09. The number of nitrogens with zero attached hydrogens (tertiary/aromatic N) is 4. The minimum absolute atomic E-state index is 0.000542. The highest BCUT2D eigenvalue weighted by molar-refractivity contribution is 5.97. The molecule has 6 amide bonds. The number of fused-ring (bicyclic) bond motifs is 1. The van der Waals surface area contributed by atoms with E-state index in [4.69, 9.17) is 9.47 Å². The average Bonchev–Trinajstić information content (AvgIpc) is 3.14. The van der Waals surface area contributed by atoms with Crippen LogP contribution in [0.1, 0.15) is 56.9 Å². The molecule has 3 fully saturated rings. The molecule has 3 N–H and O–H groups in total. The number of anilines is 2. The summed E-state index contributed by atoms with van der Waals surface area (Å²) in [5.41, 5.74) is 2.32. The fourth-order valence-electron chi connectivity index (χ4n) is 7.62. The Labute approximate surface area is 288 Å². The number of rotatable bonds is 9. The second-order valence-corrected chi connectivity index (χ2v) is 13.4. The fraction of sp³-hybridized carbons (Fsp3) is 0.556. The summed E-state index contributed by atoms with van der Waals surface area (Å²) in [6.45, 7) is 4.86. The molecule has 0 aliphatic carbocycles. The van der Waals surface area contributed by atoms with Crippen molar-refractivity contribution in [1.29, 1.82) is 0 Å². The first kappa shape index (κ1) is 34.3. The number of hydrogen-bond donors (Lipinski definition) is 3. The van der Waals surface area contributed by atoms with E-state index in [2.05, 4.69) is 20.9 Å². The molecule has 2 aromatic carbocycles. The van der Waals surface area contributed by atoms with E-state index >= 15 is 0 Å². The van der Waals surface area contributed by atoms with Gasteiger partial charge in [0.1, 0.15) is 17.5 Å². The number of amides is 6. The van der Waals surface area contributed by atoms with Gasteiger partial charge in [0.15, 0.2) is 0 Å². The van der Waals surface area contributed by atoms with Gasteiger partial charge < -0.3 is 45.0 Å².